The zero-order valence-corrected chi connectivity index (χ0v) is 21.2. The first-order chi connectivity index (χ1) is 15.7. The number of rotatable bonds is 12. The minimum atomic E-state index is -0.879. The van der Waals surface area contributed by atoms with Crippen molar-refractivity contribution in [1.29, 1.82) is 0 Å². The Morgan fingerprint density at radius 3 is 1.94 bits per heavy atom. The maximum Gasteiger partial charge on any atom is 0.122 e. The number of aliphatic hydroxyl groups is 3. The third kappa shape index (κ3) is 6.26. The molecule has 0 aliphatic carbocycles. The quantitative estimate of drug-likeness (QED) is 0.384. The van der Waals surface area contributed by atoms with Gasteiger partial charge in [0.05, 0.1) is 12.2 Å². The molecular formula is C29H42O4. The van der Waals surface area contributed by atoms with E-state index < -0.39 is 11.7 Å². The monoisotopic (exact) mass is 454 g/mol. The first-order valence-corrected chi connectivity index (χ1v) is 12.2. The van der Waals surface area contributed by atoms with E-state index in [1.54, 1.807) is 0 Å². The lowest BCUT2D eigenvalue weighted by Crippen LogP contribution is -2.26. The minimum Gasteiger partial charge on any atom is -0.491 e. The van der Waals surface area contributed by atoms with Crippen LogP contribution in [0.2, 0.25) is 0 Å². The van der Waals surface area contributed by atoms with E-state index in [0.29, 0.717) is 12.8 Å². The predicted octanol–water partition coefficient (Wildman–Crippen LogP) is 5.71. The highest BCUT2D eigenvalue weighted by Gasteiger charge is 2.31. The highest BCUT2D eigenvalue weighted by Crippen LogP contribution is 2.41. The van der Waals surface area contributed by atoms with Crippen molar-refractivity contribution in [2.75, 3.05) is 13.2 Å². The first kappa shape index (κ1) is 27.1. The third-order valence-corrected chi connectivity index (χ3v) is 7.20. The van der Waals surface area contributed by atoms with Crippen LogP contribution in [0, 0.1) is 13.8 Å². The molecule has 0 unspecified atom stereocenters. The minimum absolute atomic E-state index is 0.0722. The topological polar surface area (TPSA) is 69.9 Å². The van der Waals surface area contributed by atoms with Gasteiger partial charge >= 0.3 is 0 Å². The second-order valence-electron chi connectivity index (χ2n) is 9.13. The van der Waals surface area contributed by atoms with Gasteiger partial charge in [-0.3, -0.25) is 0 Å². The maximum absolute atomic E-state index is 10.6. The Morgan fingerprint density at radius 1 is 0.879 bits per heavy atom. The summed E-state index contributed by atoms with van der Waals surface area (Å²) in [6.45, 7) is 12.4. The predicted molar refractivity (Wildman–Crippen MR) is 137 cm³/mol. The Labute approximate surface area is 199 Å². The van der Waals surface area contributed by atoms with Crippen LogP contribution in [0.3, 0.4) is 0 Å². The molecule has 2 aromatic carbocycles. The highest BCUT2D eigenvalue weighted by atomic mass is 16.5. The van der Waals surface area contributed by atoms with E-state index in [0.717, 1.165) is 29.7 Å². The zero-order chi connectivity index (χ0) is 24.6. The van der Waals surface area contributed by atoms with Crippen LogP contribution in [0.25, 0.3) is 6.08 Å². The summed E-state index contributed by atoms with van der Waals surface area (Å²) in [7, 11) is 0. The highest BCUT2D eigenvalue weighted by molar-refractivity contribution is 5.57. The number of aryl methyl sites for hydroxylation is 2. The summed E-state index contributed by atoms with van der Waals surface area (Å²) in [5, 5.41) is 29.2. The molecule has 0 amide bonds. The summed E-state index contributed by atoms with van der Waals surface area (Å²) >= 11 is 0. The molecule has 4 heteroatoms. The summed E-state index contributed by atoms with van der Waals surface area (Å²) in [6, 6.07) is 12.9. The maximum atomic E-state index is 10.6. The molecule has 4 nitrogen and oxygen atoms in total. The molecule has 3 N–H and O–H groups in total. The van der Waals surface area contributed by atoms with E-state index in [1.807, 2.05) is 39.0 Å². The molecule has 0 aliphatic heterocycles. The fourth-order valence-electron chi connectivity index (χ4n) is 4.47. The van der Waals surface area contributed by atoms with Crippen molar-refractivity contribution < 1.29 is 20.1 Å². The molecule has 0 aromatic heterocycles. The average molecular weight is 455 g/mol. The fourth-order valence-corrected chi connectivity index (χ4v) is 4.47. The van der Waals surface area contributed by atoms with Crippen LogP contribution in [0.1, 0.15) is 81.2 Å². The van der Waals surface area contributed by atoms with Crippen molar-refractivity contribution in [3.63, 3.8) is 0 Å². The summed E-state index contributed by atoms with van der Waals surface area (Å²) in [6.07, 6.45) is 6.42. The van der Waals surface area contributed by atoms with Crippen molar-refractivity contribution in [3.05, 3.63) is 70.3 Å². The second-order valence-corrected chi connectivity index (χ2v) is 9.13. The Kier molecular flexibility index (Phi) is 9.71. The first-order valence-electron chi connectivity index (χ1n) is 12.2. The van der Waals surface area contributed by atoms with Gasteiger partial charge in [-0.05, 0) is 73.4 Å². The van der Waals surface area contributed by atoms with Crippen LogP contribution < -0.4 is 4.74 Å². The van der Waals surface area contributed by atoms with Gasteiger partial charge in [0.2, 0.25) is 0 Å². The normalized spacial score (nSPS) is 13.5. The van der Waals surface area contributed by atoms with Crippen molar-refractivity contribution in [2.24, 2.45) is 0 Å². The molecule has 33 heavy (non-hydrogen) atoms. The molecule has 0 bridgehead atoms. The lowest BCUT2D eigenvalue weighted by atomic mass is 9.70. The Hall–Kier alpha value is -2.14. The van der Waals surface area contributed by atoms with E-state index in [9.17, 15) is 10.2 Å². The molecule has 2 aromatic rings. The number of benzene rings is 2. The molecule has 0 radical (unpaired) electrons. The second kappa shape index (κ2) is 11.8. The molecule has 0 fully saturated rings. The van der Waals surface area contributed by atoms with Crippen molar-refractivity contribution >= 4 is 6.08 Å². The Balaban J connectivity index is 2.40. The van der Waals surface area contributed by atoms with Gasteiger partial charge in [-0.25, -0.2) is 0 Å². The zero-order valence-electron chi connectivity index (χ0n) is 21.2. The van der Waals surface area contributed by atoms with Crippen molar-refractivity contribution in [1.82, 2.24) is 0 Å². The van der Waals surface area contributed by atoms with E-state index in [2.05, 4.69) is 51.1 Å². The van der Waals surface area contributed by atoms with Crippen LogP contribution in [-0.4, -0.2) is 40.2 Å². The summed E-state index contributed by atoms with van der Waals surface area (Å²) in [5.74, 6) is 0.725. The summed E-state index contributed by atoms with van der Waals surface area (Å²) in [5.41, 5.74) is 4.99. The number of ether oxygens (including phenoxy) is 1. The Morgan fingerprint density at radius 2 is 1.45 bits per heavy atom. The molecular weight excluding hydrogens is 412 g/mol. The molecule has 0 saturated carbocycles. The third-order valence-electron chi connectivity index (χ3n) is 7.20. The molecule has 1 atom stereocenters. The van der Waals surface area contributed by atoms with E-state index in [4.69, 9.17) is 9.84 Å². The van der Waals surface area contributed by atoms with Gasteiger partial charge in [0.1, 0.15) is 18.5 Å². The molecule has 0 spiro atoms. The van der Waals surface area contributed by atoms with E-state index >= 15 is 0 Å². The summed E-state index contributed by atoms with van der Waals surface area (Å²) < 4.78 is 5.70. The van der Waals surface area contributed by atoms with Crippen LogP contribution in [0.5, 0.6) is 5.75 Å². The Bertz CT molecular complexity index is 923. The van der Waals surface area contributed by atoms with Gasteiger partial charge in [0, 0.05) is 5.41 Å². The van der Waals surface area contributed by atoms with Crippen LogP contribution in [-0.2, 0) is 5.41 Å². The van der Waals surface area contributed by atoms with Crippen LogP contribution >= 0.6 is 0 Å². The number of hydrogen-bond acceptors (Lipinski definition) is 4. The SMILES string of the molecule is CCC(O)(C=Cc1ccc(C(CC)(CC)c2ccc(OC[C@@H](O)CO)c(C)c2)cc1C)CC. The van der Waals surface area contributed by atoms with Gasteiger partial charge in [-0.1, -0.05) is 70.2 Å². The fraction of sp³-hybridized carbons (Fsp3) is 0.517. The summed E-state index contributed by atoms with van der Waals surface area (Å²) in [4.78, 5) is 0. The van der Waals surface area contributed by atoms with Crippen LogP contribution in [0.15, 0.2) is 42.5 Å². The van der Waals surface area contributed by atoms with E-state index in [1.165, 1.54) is 16.7 Å². The number of hydrogen-bond donors (Lipinski definition) is 3. The largest absolute Gasteiger partial charge is 0.491 e. The lowest BCUT2D eigenvalue weighted by Gasteiger charge is -2.34. The van der Waals surface area contributed by atoms with Crippen LogP contribution in [0.4, 0.5) is 0 Å². The van der Waals surface area contributed by atoms with Crippen molar-refractivity contribution in [2.45, 2.75) is 84.3 Å². The molecule has 0 heterocycles. The van der Waals surface area contributed by atoms with Gasteiger partial charge in [0.15, 0.2) is 0 Å². The van der Waals surface area contributed by atoms with E-state index in [-0.39, 0.29) is 18.6 Å². The average Bonchev–Trinajstić information content (AvgIpc) is 2.83. The number of aliphatic hydroxyl groups excluding tert-OH is 2. The molecule has 2 rings (SSSR count). The molecule has 182 valence electrons. The lowest BCUT2D eigenvalue weighted by molar-refractivity contribution is 0.0534. The molecule has 0 saturated heterocycles. The van der Waals surface area contributed by atoms with Gasteiger partial charge in [-0.2, -0.15) is 0 Å². The standard InChI is InChI=1S/C29H42O4/c1-7-28(32,8-2)16-15-23-11-12-24(17-21(23)5)29(9-3,10-4)25-13-14-27(22(6)18-25)33-20-26(31)19-30/h11-18,26,30-32H,7-10,19-20H2,1-6H3/t26-/m0/s1. The van der Waals surface area contributed by atoms with Gasteiger partial charge < -0.3 is 20.1 Å². The van der Waals surface area contributed by atoms with Gasteiger partial charge in [-0.15, -0.1) is 0 Å². The molecule has 0 aliphatic rings. The van der Waals surface area contributed by atoms with Gasteiger partial charge in [0.25, 0.3) is 0 Å². The van der Waals surface area contributed by atoms with Crippen molar-refractivity contribution in [3.8, 4) is 5.75 Å². The smallest absolute Gasteiger partial charge is 0.122 e.